The van der Waals surface area contributed by atoms with E-state index < -0.39 is 0 Å². The molecule has 0 spiro atoms. The van der Waals surface area contributed by atoms with Crippen molar-refractivity contribution in [1.82, 2.24) is 9.97 Å². The molecule has 0 amide bonds. The number of para-hydroxylation sites is 1. The zero-order chi connectivity index (χ0) is 30.2. The van der Waals surface area contributed by atoms with Crippen LogP contribution in [0, 0.1) is 39.8 Å². The summed E-state index contributed by atoms with van der Waals surface area (Å²) in [4.78, 5) is 9.19. The van der Waals surface area contributed by atoms with E-state index in [-0.39, 0.29) is 20.1 Å². The number of nitrogens with zero attached hydrogens (tertiary/aromatic N) is 2. The van der Waals surface area contributed by atoms with E-state index >= 15 is 0 Å². The molecule has 1 radical (unpaired) electrons. The molecule has 45 heavy (non-hydrogen) atoms. The van der Waals surface area contributed by atoms with Gasteiger partial charge in [-0.2, -0.15) is 0 Å². The van der Waals surface area contributed by atoms with Crippen molar-refractivity contribution in [3.05, 3.63) is 154 Å². The molecule has 3 heterocycles. The van der Waals surface area contributed by atoms with Crippen LogP contribution in [0.2, 0.25) is 0 Å². The molecule has 8 rings (SSSR count). The SMILES string of the molecule is Cc1cnc(-c2[c-]ccc3c2CC(c2ccccc2)C3)cc1C.Cc1cnc(-c2[c-]ccc3c2oc2ccccc23)cc1C.[Ir]. The summed E-state index contributed by atoms with van der Waals surface area (Å²) in [6.45, 7) is 8.42. The monoisotopic (exact) mass is 763 g/mol. The Balaban J connectivity index is 0.000000156. The standard InChI is InChI=1S/C22H20N.C19H14NO.Ir/c1-15-11-22(23-14-16(15)2)20-10-6-9-18-12-19(13-21(18)20)17-7-4-3-5-8-17;1-12-10-17(20-11-13(12)2)16-8-5-7-15-14-6-3-4-9-18(14)21-19(15)16;/h3-9,11,14,19H,12-13H2,1-2H3;3-7,9-11H,1-2H3;/q2*-1;. The third kappa shape index (κ3) is 6.01. The van der Waals surface area contributed by atoms with Gasteiger partial charge in [-0.15, -0.1) is 53.1 Å². The second kappa shape index (κ2) is 12.9. The van der Waals surface area contributed by atoms with Crippen LogP contribution < -0.4 is 0 Å². The minimum absolute atomic E-state index is 0. The molecule has 0 N–H and O–H groups in total. The van der Waals surface area contributed by atoms with Crippen LogP contribution in [0.5, 0.6) is 0 Å². The first kappa shape index (κ1) is 30.6. The number of pyridine rings is 2. The van der Waals surface area contributed by atoms with Crippen LogP contribution in [0.4, 0.5) is 0 Å². The molecule has 0 bridgehead atoms. The van der Waals surface area contributed by atoms with Gasteiger partial charge in [0, 0.05) is 37.9 Å². The van der Waals surface area contributed by atoms with Crippen LogP contribution >= 0.6 is 0 Å². The Bertz CT molecular complexity index is 2130. The molecule has 1 unspecified atom stereocenters. The van der Waals surface area contributed by atoms with Gasteiger partial charge in [-0.1, -0.05) is 89.2 Å². The molecule has 3 nitrogen and oxygen atoms in total. The first-order valence-corrected chi connectivity index (χ1v) is 15.2. The van der Waals surface area contributed by atoms with Gasteiger partial charge in [0.2, 0.25) is 0 Å². The van der Waals surface area contributed by atoms with E-state index in [4.69, 9.17) is 4.42 Å². The van der Waals surface area contributed by atoms with E-state index in [1.807, 2.05) is 42.7 Å². The van der Waals surface area contributed by atoms with Gasteiger partial charge in [0.1, 0.15) is 5.58 Å². The third-order valence-corrected chi connectivity index (χ3v) is 8.99. The molecular formula is C41H34IrN2O-2. The number of furan rings is 1. The van der Waals surface area contributed by atoms with Crippen molar-refractivity contribution in [2.24, 2.45) is 0 Å². The summed E-state index contributed by atoms with van der Waals surface area (Å²) in [5.41, 5.74) is 15.1. The number of hydrogen-bond donors (Lipinski definition) is 0. The molecule has 3 aromatic heterocycles. The average Bonchev–Trinajstić information content (AvgIpc) is 3.67. The van der Waals surface area contributed by atoms with Gasteiger partial charge in [0.15, 0.2) is 0 Å². The molecule has 1 aliphatic rings. The summed E-state index contributed by atoms with van der Waals surface area (Å²) in [6.07, 6.45) is 6.08. The maximum atomic E-state index is 6.04. The smallest absolute Gasteiger partial charge is 0.120 e. The summed E-state index contributed by atoms with van der Waals surface area (Å²) >= 11 is 0. The maximum Gasteiger partial charge on any atom is 0.120 e. The van der Waals surface area contributed by atoms with Crippen LogP contribution in [-0.2, 0) is 32.9 Å². The largest absolute Gasteiger partial charge is 0.501 e. The van der Waals surface area contributed by atoms with Gasteiger partial charge in [-0.3, -0.25) is 0 Å². The molecule has 1 atom stereocenters. The topological polar surface area (TPSA) is 38.9 Å². The van der Waals surface area contributed by atoms with E-state index in [1.165, 1.54) is 44.5 Å². The van der Waals surface area contributed by atoms with Gasteiger partial charge in [0.05, 0.1) is 5.58 Å². The predicted molar refractivity (Wildman–Crippen MR) is 180 cm³/mol. The molecule has 0 saturated carbocycles. The Morgan fingerprint density at radius 1 is 0.644 bits per heavy atom. The molecule has 0 aliphatic heterocycles. The predicted octanol–water partition coefficient (Wildman–Crippen LogP) is 10.1. The average molecular weight is 763 g/mol. The van der Waals surface area contributed by atoms with E-state index in [1.54, 1.807) is 0 Å². The van der Waals surface area contributed by atoms with Crippen molar-refractivity contribution < 1.29 is 24.5 Å². The third-order valence-electron chi connectivity index (χ3n) is 8.99. The van der Waals surface area contributed by atoms with Crippen molar-refractivity contribution in [1.29, 1.82) is 0 Å². The van der Waals surface area contributed by atoms with Crippen LogP contribution in [0.25, 0.3) is 44.5 Å². The summed E-state index contributed by atoms with van der Waals surface area (Å²) in [7, 11) is 0. The van der Waals surface area contributed by atoms with Gasteiger partial charge < -0.3 is 14.4 Å². The molecule has 0 fully saturated rings. The molecule has 4 aromatic carbocycles. The molecule has 0 saturated heterocycles. The Labute approximate surface area is 278 Å². The molecule has 1 aliphatic carbocycles. The van der Waals surface area contributed by atoms with Crippen LogP contribution in [0.1, 0.15) is 44.9 Å². The minimum atomic E-state index is 0. The zero-order valence-corrected chi connectivity index (χ0v) is 28.3. The number of hydrogen-bond acceptors (Lipinski definition) is 3. The van der Waals surface area contributed by atoms with Crippen molar-refractivity contribution in [2.75, 3.05) is 0 Å². The molecule has 225 valence electrons. The molecular weight excluding hydrogens is 729 g/mol. The van der Waals surface area contributed by atoms with Crippen LogP contribution in [0.3, 0.4) is 0 Å². The Morgan fingerprint density at radius 3 is 1.98 bits per heavy atom. The van der Waals surface area contributed by atoms with Crippen molar-refractivity contribution in [3.8, 4) is 22.5 Å². The fourth-order valence-electron chi connectivity index (χ4n) is 6.17. The Morgan fingerprint density at radius 2 is 1.27 bits per heavy atom. The summed E-state index contributed by atoms with van der Waals surface area (Å²) < 4.78 is 6.04. The zero-order valence-electron chi connectivity index (χ0n) is 25.9. The minimum Gasteiger partial charge on any atom is -0.501 e. The fourth-order valence-corrected chi connectivity index (χ4v) is 6.17. The maximum absolute atomic E-state index is 6.04. The first-order chi connectivity index (χ1) is 21.5. The van der Waals surface area contributed by atoms with E-state index in [9.17, 15) is 0 Å². The fraction of sp³-hybridized carbons (Fsp3) is 0.171. The van der Waals surface area contributed by atoms with Gasteiger partial charge in [-0.25, -0.2) is 0 Å². The second-order valence-corrected chi connectivity index (χ2v) is 11.9. The summed E-state index contributed by atoms with van der Waals surface area (Å²) in [5.74, 6) is 0.576. The van der Waals surface area contributed by atoms with Gasteiger partial charge in [0.25, 0.3) is 0 Å². The van der Waals surface area contributed by atoms with E-state index in [0.717, 1.165) is 51.7 Å². The Kier molecular flexibility index (Phi) is 8.81. The number of benzene rings is 4. The number of fused-ring (bicyclic) bond motifs is 4. The first-order valence-electron chi connectivity index (χ1n) is 15.2. The number of aryl methyl sites for hydroxylation is 4. The van der Waals surface area contributed by atoms with Gasteiger partial charge in [-0.05, 0) is 74.2 Å². The molecule has 4 heteroatoms. The normalized spacial score (nSPS) is 13.6. The van der Waals surface area contributed by atoms with Crippen LogP contribution in [-0.4, -0.2) is 9.97 Å². The Hall–Kier alpha value is -4.37. The quantitative estimate of drug-likeness (QED) is 0.168. The molecule has 7 aromatic rings. The number of rotatable bonds is 3. The van der Waals surface area contributed by atoms with Crippen LogP contribution in [0.15, 0.2) is 108 Å². The summed E-state index contributed by atoms with van der Waals surface area (Å²) in [6, 6.07) is 38.2. The van der Waals surface area contributed by atoms with Crippen molar-refractivity contribution >= 4 is 21.9 Å². The van der Waals surface area contributed by atoms with Crippen molar-refractivity contribution in [3.63, 3.8) is 0 Å². The van der Waals surface area contributed by atoms with E-state index in [0.29, 0.717) is 5.92 Å². The van der Waals surface area contributed by atoms with Gasteiger partial charge >= 0.3 is 0 Å². The van der Waals surface area contributed by atoms with E-state index in [2.05, 4.69) is 110 Å². The van der Waals surface area contributed by atoms with Crippen molar-refractivity contribution in [2.45, 2.75) is 46.5 Å². The number of aromatic nitrogens is 2. The second-order valence-electron chi connectivity index (χ2n) is 11.9. The summed E-state index contributed by atoms with van der Waals surface area (Å²) in [5, 5.41) is 2.24.